The molecule has 0 fully saturated rings. The van der Waals surface area contributed by atoms with Gasteiger partial charge in [0, 0.05) is 0 Å². The molecule has 0 saturated carbocycles. The van der Waals surface area contributed by atoms with E-state index in [9.17, 15) is 29.1 Å². The molecule has 0 saturated heterocycles. The van der Waals surface area contributed by atoms with Crippen LogP contribution in [0.5, 0.6) is 0 Å². The van der Waals surface area contributed by atoms with E-state index in [0.29, 0.717) is 0 Å². The van der Waals surface area contributed by atoms with Crippen LogP contribution >= 0.6 is 0 Å². The van der Waals surface area contributed by atoms with E-state index >= 15 is 0 Å². The first-order valence-electron chi connectivity index (χ1n) is 9.18. The Labute approximate surface area is 169 Å². The second kappa shape index (κ2) is 10.0. The average Bonchev–Trinajstić information content (AvgIpc) is 2.58. The van der Waals surface area contributed by atoms with Gasteiger partial charge in [0.15, 0.2) is 0 Å². The first-order chi connectivity index (χ1) is 12.7. The molecule has 0 rings (SSSR count). The van der Waals surface area contributed by atoms with Crippen molar-refractivity contribution in [2.24, 2.45) is 0 Å². The van der Waals surface area contributed by atoms with E-state index in [2.05, 4.69) is 16.7 Å². The summed E-state index contributed by atoms with van der Waals surface area (Å²) < 4.78 is 5.36. The Morgan fingerprint density at radius 2 is 1.07 bits per heavy atom. The molecule has 0 aliphatic carbocycles. The molecular weight excluding hydrogens is 404 g/mol. The summed E-state index contributed by atoms with van der Waals surface area (Å²) in [7, 11) is 0. The zero-order valence-electron chi connectivity index (χ0n) is 17.6. The van der Waals surface area contributed by atoms with Crippen LogP contribution in [0.3, 0.4) is 0 Å². The van der Waals surface area contributed by atoms with Crippen molar-refractivity contribution in [3.63, 3.8) is 0 Å². The molecule has 160 valence electrons. The van der Waals surface area contributed by atoms with Gasteiger partial charge in [0.2, 0.25) is 0 Å². The number of carbonyl (C=O) groups is 5. The molecule has 0 bridgehead atoms. The quantitative estimate of drug-likeness (QED) is 0.264. The van der Waals surface area contributed by atoms with Gasteiger partial charge in [-0.2, -0.15) is 0 Å². The van der Waals surface area contributed by atoms with Crippen molar-refractivity contribution >= 4 is 29.6 Å². The molecule has 0 aromatic heterocycles. The summed E-state index contributed by atoms with van der Waals surface area (Å²) in [6, 6.07) is 0. The van der Waals surface area contributed by atoms with Crippen LogP contribution in [0.25, 0.3) is 0 Å². The number of carbonyl (C=O) groups excluding carboxylic acids is 4. The van der Waals surface area contributed by atoms with Crippen molar-refractivity contribution in [2.45, 2.75) is 77.0 Å². The number of hydrogen-bond donors (Lipinski definition) is 5. The summed E-state index contributed by atoms with van der Waals surface area (Å²) >= 11 is -5.02. The predicted octanol–water partition coefficient (Wildman–Crippen LogP) is 0.642. The van der Waals surface area contributed by atoms with Crippen LogP contribution in [0.4, 0.5) is 0 Å². The van der Waals surface area contributed by atoms with Gasteiger partial charge < -0.3 is 0 Å². The van der Waals surface area contributed by atoms with Crippen molar-refractivity contribution in [3.05, 3.63) is 0 Å². The van der Waals surface area contributed by atoms with Crippen LogP contribution in [0.2, 0.25) is 3.72 Å². The zero-order chi connectivity index (χ0) is 22.3. The average molecular weight is 436 g/mol. The molecule has 11 heteroatoms. The molecule has 0 aromatic rings. The van der Waals surface area contributed by atoms with Crippen LogP contribution in [0.1, 0.15) is 67.7 Å². The van der Waals surface area contributed by atoms with Gasteiger partial charge in [-0.05, 0) is 0 Å². The van der Waals surface area contributed by atoms with Crippen molar-refractivity contribution in [1.82, 2.24) is 16.7 Å². The number of hydrogen-bond acceptors (Lipinski definition) is 5. The maximum absolute atomic E-state index is 13.1. The summed E-state index contributed by atoms with van der Waals surface area (Å²) in [5, 5.41) is 12.6. The van der Waals surface area contributed by atoms with Gasteiger partial charge >= 0.3 is 170 Å². The summed E-state index contributed by atoms with van der Waals surface area (Å²) in [6.45, 7) is 10.8. The van der Waals surface area contributed by atoms with Gasteiger partial charge in [0.25, 0.3) is 0 Å². The molecule has 0 aromatic carbocycles. The molecule has 0 aliphatic heterocycles. The Balaban J connectivity index is 6.75. The van der Waals surface area contributed by atoms with E-state index in [4.69, 9.17) is 0 Å². The van der Waals surface area contributed by atoms with Gasteiger partial charge in [-0.15, -0.1) is 0 Å². The van der Waals surface area contributed by atoms with E-state index in [0.717, 1.165) is 6.92 Å². The second-order valence-electron chi connectivity index (χ2n) is 7.59. The van der Waals surface area contributed by atoms with Gasteiger partial charge in [0.1, 0.15) is 0 Å². The fraction of sp³-hybridized carbons (Fsp3) is 0.706. The summed E-state index contributed by atoms with van der Waals surface area (Å²) in [5.74, 6) is -4.20. The zero-order valence-corrected chi connectivity index (χ0v) is 19.2. The fourth-order valence-corrected chi connectivity index (χ4v) is 7.64. The Morgan fingerprint density at radius 3 is 1.29 bits per heavy atom. The molecule has 0 heterocycles. The molecule has 1 unspecified atom stereocenters. The van der Waals surface area contributed by atoms with Crippen molar-refractivity contribution in [3.8, 4) is 0 Å². The van der Waals surface area contributed by atoms with Crippen molar-refractivity contribution < 1.29 is 46.4 Å². The Morgan fingerprint density at radius 1 is 0.750 bits per heavy atom. The van der Waals surface area contributed by atoms with E-state index in [-0.39, 0.29) is 19.3 Å². The van der Waals surface area contributed by atoms with Crippen LogP contribution in [0.15, 0.2) is 0 Å². The molecule has 1 atom stereocenters. The normalized spacial score (nSPS) is 13.7. The monoisotopic (exact) mass is 436 g/mol. The fourth-order valence-electron chi connectivity index (χ4n) is 2.25. The number of aliphatic carboxylic acids is 1. The maximum atomic E-state index is 13.1. The third-order valence-corrected chi connectivity index (χ3v) is 10.2. The number of carboxylic acid groups (broad SMARTS) is 1. The van der Waals surface area contributed by atoms with E-state index < -0.39 is 56.2 Å². The Kier molecular flexibility index (Phi) is 9.33. The number of amides is 4. The van der Waals surface area contributed by atoms with E-state index in [1.165, 1.54) is 0 Å². The first kappa shape index (κ1) is 26.1. The predicted molar refractivity (Wildman–Crippen MR) is 99.2 cm³/mol. The molecule has 0 radical (unpaired) electrons. The molecule has 5 N–H and O–H groups in total. The standard InChI is InChI=1S/C8H14NO3.3C3H7NO.Ti/c1-5(7(11)12)6(10)9-8(2,3)4;3*1-2-3(4)5;/h1-4H3,(H,9,10)(H,11,12);3*2H2,1H3,(H2,4,5);/q;;;;+3/p-3. The van der Waals surface area contributed by atoms with Gasteiger partial charge in [-0.1, -0.05) is 0 Å². The van der Waals surface area contributed by atoms with Crippen LogP contribution in [0, 0.1) is 0 Å². The summed E-state index contributed by atoms with van der Waals surface area (Å²) in [4.78, 5) is 62.2. The van der Waals surface area contributed by atoms with E-state index in [1.54, 1.807) is 41.5 Å². The second-order valence-corrected chi connectivity index (χ2v) is 12.7. The van der Waals surface area contributed by atoms with Crippen LogP contribution in [-0.4, -0.2) is 40.2 Å². The molecule has 4 amide bonds. The van der Waals surface area contributed by atoms with Crippen LogP contribution in [-0.2, 0) is 41.3 Å². The summed E-state index contributed by atoms with van der Waals surface area (Å²) in [6.07, 6.45) is -0.0608. The number of rotatable bonds is 9. The summed E-state index contributed by atoms with van der Waals surface area (Å²) in [5.41, 5.74) is -0.778. The third kappa shape index (κ3) is 6.30. The number of carboxylic acids is 1. The van der Waals surface area contributed by atoms with Crippen molar-refractivity contribution in [2.75, 3.05) is 0 Å². The van der Waals surface area contributed by atoms with Gasteiger partial charge in [-0.3, -0.25) is 0 Å². The Hall–Kier alpha value is -1.94. The molecular formula is C17H32N4O6Ti. The molecule has 28 heavy (non-hydrogen) atoms. The minimum atomic E-state index is -5.02. The molecule has 0 aliphatic rings. The Bertz CT molecular complexity index is 601. The number of nitrogens with one attached hydrogen (secondary N) is 4. The molecule has 0 spiro atoms. The first-order valence-corrected chi connectivity index (χ1v) is 12.3. The van der Waals surface area contributed by atoms with Crippen molar-refractivity contribution in [1.29, 1.82) is 0 Å². The minimum absolute atomic E-state index is 0.0203. The van der Waals surface area contributed by atoms with E-state index in [1.807, 2.05) is 0 Å². The third-order valence-electron chi connectivity index (χ3n) is 4.06. The molecule has 10 nitrogen and oxygen atoms in total. The topological polar surface area (TPSA) is 154 Å². The SMILES string of the molecule is CCC(=O)[NH][Ti]([NH]C(=O)CC)([NH]C(=O)CC)[C](C)(C(=O)O)C(=O)NC(C)(C)C. The van der Waals surface area contributed by atoms with Gasteiger partial charge in [-0.25, -0.2) is 0 Å². The van der Waals surface area contributed by atoms with Crippen LogP contribution < -0.4 is 16.7 Å². The van der Waals surface area contributed by atoms with Gasteiger partial charge in [0.05, 0.1) is 0 Å².